The highest BCUT2D eigenvalue weighted by molar-refractivity contribution is 7.17. The summed E-state index contributed by atoms with van der Waals surface area (Å²) in [7, 11) is 0. The van der Waals surface area contributed by atoms with Gasteiger partial charge in [-0.25, -0.2) is 18.1 Å². The first-order valence-corrected chi connectivity index (χ1v) is 9.81. The maximum atomic E-state index is 14.1. The van der Waals surface area contributed by atoms with Crippen LogP contribution in [0.3, 0.4) is 0 Å². The first-order valence-electron chi connectivity index (χ1n) is 8.93. The second-order valence-electron chi connectivity index (χ2n) is 6.54. The first kappa shape index (κ1) is 19.7. The summed E-state index contributed by atoms with van der Waals surface area (Å²) >= 11 is 1.14. The number of anilines is 1. The van der Waals surface area contributed by atoms with Crippen LogP contribution in [0.2, 0.25) is 0 Å². The van der Waals surface area contributed by atoms with Crippen LogP contribution in [0.4, 0.5) is 14.5 Å². The lowest BCUT2D eigenvalue weighted by molar-refractivity contribution is -0.116. The number of amides is 1. The number of nitrogens with zero attached hydrogens (tertiary/aromatic N) is 2. The standard InChI is InChI=1S/C21H15F2N3O3S/c22-14-5-7-15(8-6-14)24-18(27)12-26-20(28)19-17(9-10-30-19)25(21(26)29)11-13-3-1-2-4-16(13)23/h1-10H,11-12H2,(H,24,27). The van der Waals surface area contributed by atoms with Crippen molar-refractivity contribution < 1.29 is 13.6 Å². The first-order chi connectivity index (χ1) is 14.4. The van der Waals surface area contributed by atoms with Gasteiger partial charge in [0.05, 0.1) is 12.1 Å². The van der Waals surface area contributed by atoms with E-state index in [1.807, 2.05) is 0 Å². The molecule has 0 unspecified atom stereocenters. The minimum atomic E-state index is -0.719. The number of nitrogens with one attached hydrogen (secondary N) is 1. The summed E-state index contributed by atoms with van der Waals surface area (Å²) in [5.74, 6) is -1.54. The van der Waals surface area contributed by atoms with E-state index in [1.54, 1.807) is 29.6 Å². The lowest BCUT2D eigenvalue weighted by Crippen LogP contribution is -2.42. The van der Waals surface area contributed by atoms with Gasteiger partial charge in [0.15, 0.2) is 0 Å². The molecular formula is C21H15F2N3O3S. The number of rotatable bonds is 5. The quantitative estimate of drug-likeness (QED) is 0.532. The van der Waals surface area contributed by atoms with Crippen molar-refractivity contribution in [2.75, 3.05) is 5.32 Å². The van der Waals surface area contributed by atoms with Gasteiger partial charge < -0.3 is 5.32 Å². The number of hydrogen-bond acceptors (Lipinski definition) is 4. The van der Waals surface area contributed by atoms with Gasteiger partial charge in [-0.3, -0.25) is 14.2 Å². The third kappa shape index (κ3) is 3.79. The zero-order valence-corrected chi connectivity index (χ0v) is 16.3. The molecule has 2 aromatic carbocycles. The summed E-state index contributed by atoms with van der Waals surface area (Å²) < 4.78 is 29.5. The molecule has 0 atom stereocenters. The molecule has 1 amide bonds. The van der Waals surface area contributed by atoms with Gasteiger partial charge >= 0.3 is 5.69 Å². The van der Waals surface area contributed by atoms with Gasteiger partial charge in [-0.2, -0.15) is 0 Å². The lowest BCUT2D eigenvalue weighted by Gasteiger charge is -2.13. The third-order valence-electron chi connectivity index (χ3n) is 4.55. The molecule has 0 bridgehead atoms. The Hall–Kier alpha value is -3.59. The summed E-state index contributed by atoms with van der Waals surface area (Å²) in [4.78, 5) is 38.2. The molecule has 6 nitrogen and oxygen atoms in total. The fraction of sp³-hybridized carbons (Fsp3) is 0.0952. The summed E-state index contributed by atoms with van der Waals surface area (Å²) in [6.45, 7) is -0.612. The van der Waals surface area contributed by atoms with E-state index in [-0.39, 0.29) is 12.1 Å². The molecule has 30 heavy (non-hydrogen) atoms. The molecule has 0 fully saturated rings. The van der Waals surface area contributed by atoms with Gasteiger partial charge in [-0.15, -0.1) is 11.3 Å². The Morgan fingerprint density at radius 2 is 1.70 bits per heavy atom. The molecule has 0 saturated carbocycles. The number of hydrogen-bond donors (Lipinski definition) is 1. The molecule has 0 spiro atoms. The van der Waals surface area contributed by atoms with E-state index in [4.69, 9.17) is 0 Å². The number of halogens is 2. The lowest BCUT2D eigenvalue weighted by atomic mass is 10.2. The molecule has 2 aromatic heterocycles. The van der Waals surface area contributed by atoms with Crippen LogP contribution in [0.15, 0.2) is 69.6 Å². The Labute approximate surface area is 172 Å². The van der Waals surface area contributed by atoms with Crippen molar-refractivity contribution in [1.82, 2.24) is 9.13 Å². The molecule has 4 aromatic rings. The molecule has 4 rings (SSSR count). The molecular weight excluding hydrogens is 412 g/mol. The number of aromatic nitrogens is 2. The maximum Gasteiger partial charge on any atom is 0.332 e. The van der Waals surface area contributed by atoms with E-state index < -0.39 is 35.3 Å². The van der Waals surface area contributed by atoms with Crippen LogP contribution in [0.1, 0.15) is 5.56 Å². The predicted molar refractivity (Wildman–Crippen MR) is 111 cm³/mol. The second kappa shape index (κ2) is 8.03. The van der Waals surface area contributed by atoms with Crippen molar-refractivity contribution in [3.63, 3.8) is 0 Å². The topological polar surface area (TPSA) is 73.1 Å². The zero-order valence-electron chi connectivity index (χ0n) is 15.5. The highest BCUT2D eigenvalue weighted by Gasteiger charge is 2.17. The number of carbonyl (C=O) groups excluding carboxylic acids is 1. The predicted octanol–water partition coefficient (Wildman–Crippen LogP) is 3.19. The molecule has 1 N–H and O–H groups in total. The summed E-state index contributed by atoms with van der Waals surface area (Å²) in [6.07, 6.45) is 0. The van der Waals surface area contributed by atoms with Crippen LogP contribution in [-0.4, -0.2) is 15.0 Å². The Kier molecular flexibility index (Phi) is 5.28. The zero-order chi connectivity index (χ0) is 21.3. The number of benzene rings is 2. The molecule has 0 saturated heterocycles. The molecule has 0 aliphatic rings. The van der Waals surface area contributed by atoms with Gasteiger partial charge in [-0.05, 0) is 41.8 Å². The molecule has 152 valence electrons. The van der Waals surface area contributed by atoms with Crippen LogP contribution in [0.25, 0.3) is 10.2 Å². The number of carbonyl (C=O) groups is 1. The van der Waals surface area contributed by atoms with Crippen molar-refractivity contribution in [2.24, 2.45) is 0 Å². The molecule has 0 radical (unpaired) electrons. The SMILES string of the molecule is O=C(Cn1c(=O)c2sccc2n(Cc2ccccc2F)c1=O)Nc1ccc(F)cc1. The van der Waals surface area contributed by atoms with Crippen LogP contribution in [0, 0.1) is 11.6 Å². The van der Waals surface area contributed by atoms with Crippen molar-refractivity contribution in [2.45, 2.75) is 13.1 Å². The molecule has 9 heteroatoms. The minimum Gasteiger partial charge on any atom is -0.325 e. The van der Waals surface area contributed by atoms with Crippen LogP contribution in [-0.2, 0) is 17.9 Å². The van der Waals surface area contributed by atoms with Crippen molar-refractivity contribution in [3.8, 4) is 0 Å². The van der Waals surface area contributed by atoms with Gasteiger partial charge in [0, 0.05) is 11.3 Å². The van der Waals surface area contributed by atoms with E-state index in [9.17, 15) is 23.2 Å². The molecule has 0 aliphatic carbocycles. The monoisotopic (exact) mass is 427 g/mol. The third-order valence-corrected chi connectivity index (χ3v) is 5.44. The minimum absolute atomic E-state index is 0.0847. The highest BCUT2D eigenvalue weighted by atomic mass is 32.1. The second-order valence-corrected chi connectivity index (χ2v) is 7.46. The number of fused-ring (bicyclic) bond motifs is 1. The Balaban J connectivity index is 1.72. The average molecular weight is 427 g/mol. The van der Waals surface area contributed by atoms with E-state index in [0.717, 1.165) is 15.9 Å². The molecule has 2 heterocycles. The molecule has 0 aliphatic heterocycles. The fourth-order valence-corrected chi connectivity index (χ4v) is 3.94. The van der Waals surface area contributed by atoms with Crippen LogP contribution in [0.5, 0.6) is 0 Å². The van der Waals surface area contributed by atoms with Crippen molar-refractivity contribution >= 4 is 33.1 Å². The van der Waals surface area contributed by atoms with Crippen LogP contribution >= 0.6 is 11.3 Å². The Bertz CT molecular complexity index is 1360. The normalized spacial score (nSPS) is 11.0. The number of thiophene rings is 1. The van der Waals surface area contributed by atoms with Crippen molar-refractivity contribution in [3.05, 3.63) is 98.0 Å². The van der Waals surface area contributed by atoms with Crippen LogP contribution < -0.4 is 16.6 Å². The maximum absolute atomic E-state index is 14.1. The van der Waals surface area contributed by atoms with E-state index in [2.05, 4.69) is 5.32 Å². The van der Waals surface area contributed by atoms with Gasteiger partial charge in [-0.1, -0.05) is 18.2 Å². The summed E-state index contributed by atoms with van der Waals surface area (Å²) in [5, 5.41) is 4.18. The van der Waals surface area contributed by atoms with Gasteiger partial charge in [0.1, 0.15) is 22.9 Å². The highest BCUT2D eigenvalue weighted by Crippen LogP contribution is 2.17. The summed E-state index contributed by atoms with van der Waals surface area (Å²) in [5.41, 5.74) is -0.313. The van der Waals surface area contributed by atoms with E-state index >= 15 is 0 Å². The Morgan fingerprint density at radius 3 is 2.43 bits per heavy atom. The smallest absolute Gasteiger partial charge is 0.325 e. The fourth-order valence-electron chi connectivity index (χ4n) is 3.10. The Morgan fingerprint density at radius 1 is 0.967 bits per heavy atom. The summed E-state index contributed by atoms with van der Waals surface area (Å²) in [6, 6.07) is 12.8. The van der Waals surface area contributed by atoms with E-state index in [0.29, 0.717) is 15.9 Å². The van der Waals surface area contributed by atoms with Gasteiger partial charge in [0.2, 0.25) is 5.91 Å². The van der Waals surface area contributed by atoms with Gasteiger partial charge in [0.25, 0.3) is 5.56 Å². The van der Waals surface area contributed by atoms with Crippen molar-refractivity contribution in [1.29, 1.82) is 0 Å². The average Bonchev–Trinajstić information content (AvgIpc) is 3.21. The largest absolute Gasteiger partial charge is 0.332 e. The van der Waals surface area contributed by atoms with E-state index in [1.165, 1.54) is 34.9 Å².